The first-order valence-corrected chi connectivity index (χ1v) is 10.4. The number of nitrogens with one attached hydrogen (secondary N) is 2. The molecule has 0 bridgehead atoms. The molecule has 1 amide bonds. The van der Waals surface area contributed by atoms with Crippen LogP contribution in [0.15, 0.2) is 48.8 Å². The van der Waals surface area contributed by atoms with E-state index < -0.39 is 0 Å². The van der Waals surface area contributed by atoms with Crippen LogP contribution in [0.4, 0.5) is 23.1 Å². The van der Waals surface area contributed by atoms with E-state index in [2.05, 4.69) is 25.6 Å². The molecular weight excluding hydrogens is 378 g/mol. The summed E-state index contributed by atoms with van der Waals surface area (Å²) < 4.78 is 1.63. The summed E-state index contributed by atoms with van der Waals surface area (Å²) in [6.07, 6.45) is 7.14. The summed E-state index contributed by atoms with van der Waals surface area (Å²) in [6.45, 7) is 5.88. The summed E-state index contributed by atoms with van der Waals surface area (Å²) in [5, 5.41) is 10.3. The number of nitrogens with zero attached hydrogens (tertiary/aromatic N) is 5. The lowest BCUT2D eigenvalue weighted by molar-refractivity contribution is -0.119. The van der Waals surface area contributed by atoms with Crippen LogP contribution in [-0.4, -0.2) is 38.7 Å². The molecule has 30 heavy (non-hydrogen) atoms. The van der Waals surface area contributed by atoms with E-state index in [1.54, 1.807) is 23.1 Å². The number of aryl methyl sites for hydroxylation is 1. The molecule has 2 N–H and O–H groups in total. The molecule has 3 heterocycles. The minimum Gasteiger partial charge on any atom is -0.356 e. The smallest absolute Gasteiger partial charge is 0.248 e. The zero-order chi connectivity index (χ0) is 20.9. The van der Waals surface area contributed by atoms with Crippen molar-refractivity contribution in [2.24, 2.45) is 0 Å². The molecule has 0 unspecified atom stereocenters. The Morgan fingerprint density at radius 1 is 1.07 bits per heavy atom. The topological polar surface area (TPSA) is 88.0 Å². The van der Waals surface area contributed by atoms with Gasteiger partial charge < -0.3 is 15.5 Å². The first-order valence-electron chi connectivity index (χ1n) is 10.4. The Hall–Kier alpha value is -3.42. The van der Waals surface area contributed by atoms with Gasteiger partial charge in [-0.2, -0.15) is 10.1 Å². The summed E-state index contributed by atoms with van der Waals surface area (Å²) in [5.74, 6) is 1.44. The number of carbonyl (C=O) groups is 1. The molecule has 1 fully saturated rings. The van der Waals surface area contributed by atoms with Gasteiger partial charge in [-0.25, -0.2) is 4.98 Å². The maximum Gasteiger partial charge on any atom is 0.248 e. The molecule has 1 saturated heterocycles. The average molecular weight is 406 g/mol. The maximum atomic E-state index is 12.4. The lowest BCUT2D eigenvalue weighted by Gasteiger charge is -2.28. The Bertz CT molecular complexity index is 979. The van der Waals surface area contributed by atoms with Gasteiger partial charge in [-0.1, -0.05) is 0 Å². The fraction of sp³-hybridized carbons (Fsp3) is 0.364. The highest BCUT2D eigenvalue weighted by Gasteiger charge is 2.16. The second kappa shape index (κ2) is 8.94. The number of aromatic nitrogens is 4. The molecule has 0 radical (unpaired) electrons. The van der Waals surface area contributed by atoms with E-state index in [1.807, 2.05) is 44.2 Å². The molecule has 8 heteroatoms. The predicted octanol–water partition coefficient (Wildman–Crippen LogP) is 3.92. The number of anilines is 4. The van der Waals surface area contributed by atoms with E-state index in [0.717, 1.165) is 36.0 Å². The normalized spacial score (nSPS) is 14.9. The number of amides is 1. The third-order valence-electron chi connectivity index (χ3n) is 5.23. The number of benzene rings is 1. The van der Waals surface area contributed by atoms with Gasteiger partial charge in [0.25, 0.3) is 0 Å². The van der Waals surface area contributed by atoms with Gasteiger partial charge in [0.05, 0.1) is 0 Å². The van der Waals surface area contributed by atoms with Crippen LogP contribution in [0.25, 0.3) is 0 Å². The van der Waals surface area contributed by atoms with Crippen molar-refractivity contribution in [2.75, 3.05) is 28.6 Å². The van der Waals surface area contributed by atoms with Crippen molar-refractivity contribution in [3.8, 4) is 0 Å². The minimum absolute atomic E-state index is 0.118. The van der Waals surface area contributed by atoms with Crippen LogP contribution in [0.2, 0.25) is 0 Å². The van der Waals surface area contributed by atoms with Gasteiger partial charge in [-0.15, -0.1) is 0 Å². The lowest BCUT2D eigenvalue weighted by Crippen LogP contribution is -2.30. The van der Waals surface area contributed by atoms with E-state index in [9.17, 15) is 4.79 Å². The summed E-state index contributed by atoms with van der Waals surface area (Å²) in [5.41, 5.74) is 2.52. The van der Waals surface area contributed by atoms with Crippen LogP contribution in [-0.2, 0) is 4.79 Å². The number of carbonyl (C=O) groups excluding carboxylic acids is 1. The molecule has 4 rings (SSSR count). The van der Waals surface area contributed by atoms with Crippen LogP contribution in [0.3, 0.4) is 0 Å². The zero-order valence-electron chi connectivity index (χ0n) is 17.4. The molecule has 0 spiro atoms. The molecule has 2 aromatic heterocycles. The Kier molecular flexibility index (Phi) is 5.92. The van der Waals surface area contributed by atoms with E-state index in [0.29, 0.717) is 5.95 Å². The Labute approximate surface area is 176 Å². The van der Waals surface area contributed by atoms with Crippen LogP contribution >= 0.6 is 0 Å². The largest absolute Gasteiger partial charge is 0.356 e. The number of hydrogen-bond acceptors (Lipinski definition) is 6. The lowest BCUT2D eigenvalue weighted by atomic mass is 10.1. The number of hydrogen-bond donors (Lipinski definition) is 2. The van der Waals surface area contributed by atoms with Crippen LogP contribution in [0.1, 0.15) is 37.9 Å². The van der Waals surface area contributed by atoms with E-state index in [-0.39, 0.29) is 11.9 Å². The molecule has 156 valence electrons. The molecular formula is C22H27N7O. The minimum atomic E-state index is -0.383. The summed E-state index contributed by atoms with van der Waals surface area (Å²) in [6, 6.07) is 11.0. The van der Waals surface area contributed by atoms with Gasteiger partial charge in [0.15, 0.2) is 0 Å². The maximum absolute atomic E-state index is 12.4. The van der Waals surface area contributed by atoms with Gasteiger partial charge in [0, 0.05) is 48.6 Å². The van der Waals surface area contributed by atoms with Crippen molar-refractivity contribution in [3.05, 3.63) is 54.5 Å². The van der Waals surface area contributed by atoms with Gasteiger partial charge in [0.2, 0.25) is 11.9 Å². The van der Waals surface area contributed by atoms with Crippen molar-refractivity contribution < 1.29 is 4.79 Å². The van der Waals surface area contributed by atoms with Crippen LogP contribution in [0, 0.1) is 6.92 Å². The van der Waals surface area contributed by atoms with Crippen LogP contribution < -0.4 is 15.5 Å². The molecule has 1 aliphatic rings. The molecule has 1 aromatic carbocycles. The van der Waals surface area contributed by atoms with Crippen molar-refractivity contribution in [1.29, 1.82) is 0 Å². The Balaban J connectivity index is 1.41. The Morgan fingerprint density at radius 2 is 1.80 bits per heavy atom. The third-order valence-corrected chi connectivity index (χ3v) is 5.23. The van der Waals surface area contributed by atoms with E-state index in [4.69, 9.17) is 4.98 Å². The predicted molar refractivity (Wildman–Crippen MR) is 118 cm³/mol. The third kappa shape index (κ3) is 4.76. The van der Waals surface area contributed by atoms with Crippen molar-refractivity contribution in [2.45, 2.75) is 39.2 Å². The quantitative estimate of drug-likeness (QED) is 0.646. The monoisotopic (exact) mass is 405 g/mol. The second-order valence-electron chi connectivity index (χ2n) is 7.59. The molecule has 1 aliphatic heterocycles. The molecule has 0 aliphatic carbocycles. The molecule has 0 saturated carbocycles. The fourth-order valence-electron chi connectivity index (χ4n) is 3.54. The highest BCUT2D eigenvalue weighted by molar-refractivity contribution is 5.93. The SMILES string of the molecule is Cc1cc(N2CCCCC2)nc(Nc2ccc(NC(=O)[C@H](C)n3cccn3)cc2)n1. The van der Waals surface area contributed by atoms with E-state index in [1.165, 1.54) is 19.3 Å². The second-order valence-corrected chi connectivity index (χ2v) is 7.59. The van der Waals surface area contributed by atoms with E-state index >= 15 is 0 Å². The van der Waals surface area contributed by atoms with Gasteiger partial charge in [0.1, 0.15) is 11.9 Å². The number of rotatable bonds is 6. The first-order chi connectivity index (χ1) is 14.6. The van der Waals surface area contributed by atoms with Crippen molar-refractivity contribution in [1.82, 2.24) is 19.7 Å². The van der Waals surface area contributed by atoms with Gasteiger partial charge >= 0.3 is 0 Å². The van der Waals surface area contributed by atoms with Gasteiger partial charge in [-0.05, 0) is 63.4 Å². The standard InChI is InChI=1S/C22H27N7O/c1-16-15-20(28-12-4-3-5-13-28)27-22(24-16)26-19-9-7-18(8-10-19)25-21(30)17(2)29-14-6-11-23-29/h6-11,14-15,17H,3-5,12-13H2,1-2H3,(H,25,30)(H,24,26,27)/t17-/m0/s1. The van der Waals surface area contributed by atoms with Crippen molar-refractivity contribution >= 4 is 29.0 Å². The first kappa shape index (κ1) is 19.9. The summed E-state index contributed by atoms with van der Waals surface area (Å²) in [4.78, 5) is 23.9. The average Bonchev–Trinajstić information content (AvgIpc) is 3.30. The van der Waals surface area contributed by atoms with Crippen molar-refractivity contribution in [3.63, 3.8) is 0 Å². The molecule has 8 nitrogen and oxygen atoms in total. The fourth-order valence-corrected chi connectivity index (χ4v) is 3.54. The van der Waals surface area contributed by atoms with Gasteiger partial charge in [-0.3, -0.25) is 9.48 Å². The van der Waals surface area contributed by atoms with Crippen LogP contribution in [0.5, 0.6) is 0 Å². The molecule has 3 aromatic rings. The highest BCUT2D eigenvalue weighted by Crippen LogP contribution is 2.22. The molecule has 1 atom stereocenters. The number of piperidine rings is 1. The Morgan fingerprint density at radius 3 is 2.50 bits per heavy atom. The zero-order valence-corrected chi connectivity index (χ0v) is 17.4. The summed E-state index contributed by atoms with van der Waals surface area (Å²) in [7, 11) is 0. The summed E-state index contributed by atoms with van der Waals surface area (Å²) >= 11 is 0. The highest BCUT2D eigenvalue weighted by atomic mass is 16.2.